The van der Waals surface area contributed by atoms with Crippen LogP contribution >= 0.6 is 11.6 Å². The number of nitrogens with zero attached hydrogens (tertiary/aromatic N) is 2. The van der Waals surface area contributed by atoms with Crippen molar-refractivity contribution in [1.29, 1.82) is 0 Å². The van der Waals surface area contributed by atoms with E-state index in [-0.39, 0.29) is 11.1 Å². The van der Waals surface area contributed by atoms with Crippen molar-refractivity contribution in [2.24, 2.45) is 0 Å². The fourth-order valence-electron chi connectivity index (χ4n) is 5.81. The molecule has 0 saturated carbocycles. The highest BCUT2D eigenvalue weighted by Gasteiger charge is 2.45. The molecular formula is C32H30ClN3O5. The zero-order valence-electron chi connectivity index (χ0n) is 22.4. The molecule has 3 aliphatic rings. The van der Waals surface area contributed by atoms with Crippen LogP contribution in [0.4, 0.5) is 0 Å². The van der Waals surface area contributed by atoms with E-state index in [4.69, 9.17) is 16.3 Å². The molecule has 1 unspecified atom stereocenters. The largest absolute Gasteiger partial charge is 0.457 e. The number of likely N-dealkylation sites (tertiary alicyclic amines) is 1. The molecule has 3 aromatic carbocycles. The molecule has 0 aliphatic carbocycles. The van der Waals surface area contributed by atoms with Gasteiger partial charge in [-0.25, -0.2) is 0 Å². The Hall–Kier alpha value is -3.98. The monoisotopic (exact) mass is 571 g/mol. The number of carbonyl (C=O) groups is 3. The van der Waals surface area contributed by atoms with E-state index in [1.54, 1.807) is 30.3 Å². The smallest absolute Gasteiger partial charge is 0.262 e. The van der Waals surface area contributed by atoms with Crippen LogP contribution in [-0.4, -0.2) is 51.8 Å². The number of nitrogens with one attached hydrogen (secondary N) is 1. The highest BCUT2D eigenvalue weighted by Crippen LogP contribution is 2.37. The van der Waals surface area contributed by atoms with Crippen molar-refractivity contribution in [3.05, 3.63) is 106 Å². The Morgan fingerprint density at radius 2 is 1.68 bits per heavy atom. The number of piperidine rings is 2. The maximum Gasteiger partial charge on any atom is 0.262 e. The maximum absolute atomic E-state index is 13.3. The van der Waals surface area contributed by atoms with Crippen LogP contribution in [0.3, 0.4) is 0 Å². The van der Waals surface area contributed by atoms with Gasteiger partial charge in [0.1, 0.15) is 17.5 Å². The Bertz CT molecular complexity index is 1550. The molecule has 0 aromatic heterocycles. The Kier molecular flexibility index (Phi) is 7.15. The first kappa shape index (κ1) is 27.2. The Morgan fingerprint density at radius 3 is 2.41 bits per heavy atom. The van der Waals surface area contributed by atoms with E-state index in [9.17, 15) is 19.5 Å². The second kappa shape index (κ2) is 10.8. The molecule has 8 nitrogen and oxygen atoms in total. The van der Waals surface area contributed by atoms with Crippen LogP contribution < -0.4 is 10.1 Å². The summed E-state index contributed by atoms with van der Waals surface area (Å²) >= 11 is 5.96. The van der Waals surface area contributed by atoms with Gasteiger partial charge in [-0.1, -0.05) is 36.4 Å². The van der Waals surface area contributed by atoms with E-state index in [0.29, 0.717) is 67.4 Å². The number of carbonyl (C=O) groups excluding carboxylic acids is 3. The number of amides is 3. The summed E-state index contributed by atoms with van der Waals surface area (Å²) in [6, 6.07) is 19.2. The van der Waals surface area contributed by atoms with Crippen LogP contribution in [-0.2, 0) is 16.9 Å². The van der Waals surface area contributed by atoms with Gasteiger partial charge in [0.05, 0.1) is 16.7 Å². The lowest BCUT2D eigenvalue weighted by atomic mass is 9.83. The first-order chi connectivity index (χ1) is 19.7. The van der Waals surface area contributed by atoms with Gasteiger partial charge in [0.15, 0.2) is 0 Å². The lowest BCUT2D eigenvalue weighted by molar-refractivity contribution is -0.125. The number of hydrogen-bond acceptors (Lipinski definition) is 6. The molecule has 6 rings (SSSR count). The molecule has 3 amide bonds. The summed E-state index contributed by atoms with van der Waals surface area (Å²) in [7, 11) is 0. The third-order valence-electron chi connectivity index (χ3n) is 8.13. The van der Waals surface area contributed by atoms with E-state index in [0.717, 1.165) is 16.2 Å². The molecule has 0 spiro atoms. The number of fused-ring (bicyclic) bond motifs is 1. The van der Waals surface area contributed by atoms with Gasteiger partial charge in [0, 0.05) is 30.4 Å². The third-order valence-corrected chi connectivity index (χ3v) is 8.38. The van der Waals surface area contributed by atoms with Crippen LogP contribution in [0.1, 0.15) is 57.5 Å². The molecule has 3 heterocycles. The molecule has 2 fully saturated rings. The highest BCUT2D eigenvalue weighted by molar-refractivity contribution is 6.30. The van der Waals surface area contributed by atoms with Crippen LogP contribution in [0.25, 0.3) is 0 Å². The molecule has 210 valence electrons. The summed E-state index contributed by atoms with van der Waals surface area (Å²) < 4.78 is 5.97. The fraction of sp³-hybridized carbons (Fsp3) is 0.281. The fourth-order valence-corrected chi connectivity index (χ4v) is 5.94. The quantitative estimate of drug-likeness (QED) is 0.404. The minimum absolute atomic E-state index is 0.234. The van der Waals surface area contributed by atoms with Crippen molar-refractivity contribution < 1.29 is 24.2 Å². The highest BCUT2D eigenvalue weighted by atomic mass is 35.5. The van der Waals surface area contributed by atoms with Gasteiger partial charge in [-0.2, -0.15) is 0 Å². The molecule has 2 N–H and O–H groups in total. The molecule has 3 aromatic rings. The Morgan fingerprint density at radius 1 is 0.951 bits per heavy atom. The van der Waals surface area contributed by atoms with Gasteiger partial charge in [0.2, 0.25) is 5.91 Å². The first-order valence-corrected chi connectivity index (χ1v) is 14.1. The van der Waals surface area contributed by atoms with Crippen LogP contribution in [0.15, 0.2) is 79.0 Å². The van der Waals surface area contributed by atoms with Crippen molar-refractivity contribution in [1.82, 2.24) is 15.1 Å². The standard InChI is InChI=1S/C32H30ClN3O5/c1-20-5-12-28(29(37)34-20)36-30(38)26-11-6-22(18-27(26)31(36)39)32(40)13-15-35(16-14-32)19-21-3-2-4-25(17-21)41-24-9-7-23(33)8-10-24/h2-4,6-11,17-18,28,40H,1,5,12-16,19H2,(H,34,37). The predicted molar refractivity (Wildman–Crippen MR) is 154 cm³/mol. The third kappa shape index (κ3) is 5.38. The van der Waals surface area contributed by atoms with Crippen molar-refractivity contribution in [3.63, 3.8) is 0 Å². The van der Waals surface area contributed by atoms with Gasteiger partial charge >= 0.3 is 0 Å². The average Bonchev–Trinajstić information content (AvgIpc) is 3.21. The topological polar surface area (TPSA) is 99.2 Å². The summed E-state index contributed by atoms with van der Waals surface area (Å²) in [5.41, 5.74) is 1.66. The predicted octanol–water partition coefficient (Wildman–Crippen LogP) is 5.00. The zero-order chi connectivity index (χ0) is 28.7. The van der Waals surface area contributed by atoms with E-state index >= 15 is 0 Å². The van der Waals surface area contributed by atoms with Gasteiger partial charge in [0.25, 0.3) is 11.8 Å². The number of imide groups is 1. The maximum atomic E-state index is 13.3. The van der Waals surface area contributed by atoms with E-state index in [1.807, 2.05) is 36.4 Å². The number of hydrogen-bond donors (Lipinski definition) is 2. The number of rotatable bonds is 6. The summed E-state index contributed by atoms with van der Waals surface area (Å²) in [6.45, 7) is 5.78. The van der Waals surface area contributed by atoms with E-state index in [1.165, 1.54) is 0 Å². The van der Waals surface area contributed by atoms with Crippen molar-refractivity contribution in [2.75, 3.05) is 13.1 Å². The summed E-state index contributed by atoms with van der Waals surface area (Å²) in [4.78, 5) is 42.2. The molecule has 1 atom stereocenters. The number of aliphatic hydroxyl groups is 1. The first-order valence-electron chi connectivity index (χ1n) is 13.7. The van der Waals surface area contributed by atoms with Crippen molar-refractivity contribution in [3.8, 4) is 11.5 Å². The number of halogens is 1. The van der Waals surface area contributed by atoms with E-state index < -0.39 is 29.4 Å². The molecule has 9 heteroatoms. The lowest BCUT2D eigenvalue weighted by Gasteiger charge is -2.38. The normalized spacial score (nSPS) is 20.6. The number of benzene rings is 3. The summed E-state index contributed by atoms with van der Waals surface area (Å²) in [5.74, 6) is 0.0686. The molecule has 3 aliphatic heterocycles. The minimum atomic E-state index is -1.12. The minimum Gasteiger partial charge on any atom is -0.457 e. The zero-order valence-corrected chi connectivity index (χ0v) is 23.2. The Labute approximate surface area is 243 Å². The van der Waals surface area contributed by atoms with Gasteiger partial charge in [-0.3, -0.25) is 24.2 Å². The molecule has 2 saturated heterocycles. The van der Waals surface area contributed by atoms with E-state index in [2.05, 4.69) is 16.8 Å². The second-order valence-electron chi connectivity index (χ2n) is 10.9. The number of ether oxygens (including phenoxy) is 1. The van der Waals surface area contributed by atoms with Crippen LogP contribution in [0.2, 0.25) is 5.02 Å². The summed E-state index contributed by atoms with van der Waals surface area (Å²) in [5, 5.41) is 14.9. The van der Waals surface area contributed by atoms with Gasteiger partial charge < -0.3 is 15.2 Å². The van der Waals surface area contributed by atoms with Crippen LogP contribution in [0.5, 0.6) is 11.5 Å². The SMILES string of the molecule is C=C1CCC(N2C(=O)c3ccc(C4(O)CCN(Cc5cccc(Oc6ccc(Cl)cc6)c5)CC4)cc3C2=O)C(=O)N1. The second-order valence-corrected chi connectivity index (χ2v) is 11.3. The van der Waals surface area contributed by atoms with Crippen molar-refractivity contribution >= 4 is 29.3 Å². The van der Waals surface area contributed by atoms with Gasteiger partial charge in [-0.05, 0) is 85.3 Å². The molecule has 0 radical (unpaired) electrons. The average molecular weight is 572 g/mol. The number of allylic oxidation sites excluding steroid dienone is 1. The molecular weight excluding hydrogens is 542 g/mol. The molecule has 41 heavy (non-hydrogen) atoms. The van der Waals surface area contributed by atoms with Crippen LogP contribution in [0, 0.1) is 0 Å². The lowest BCUT2D eigenvalue weighted by Crippen LogP contribution is -2.51. The molecule has 0 bridgehead atoms. The Balaban J connectivity index is 1.11. The van der Waals surface area contributed by atoms with Crippen molar-refractivity contribution in [2.45, 2.75) is 43.9 Å². The summed E-state index contributed by atoms with van der Waals surface area (Å²) in [6.07, 6.45) is 1.81. The van der Waals surface area contributed by atoms with Gasteiger partial charge in [-0.15, -0.1) is 0 Å².